The van der Waals surface area contributed by atoms with Crippen molar-refractivity contribution >= 4 is 0 Å². The summed E-state index contributed by atoms with van der Waals surface area (Å²) in [5.41, 5.74) is 1.43. The second-order valence-electron chi connectivity index (χ2n) is 5.21. The van der Waals surface area contributed by atoms with E-state index >= 15 is 0 Å². The number of H-pyrrole nitrogens is 1. The van der Waals surface area contributed by atoms with Gasteiger partial charge in [0.1, 0.15) is 0 Å². The Labute approximate surface area is 103 Å². The lowest BCUT2D eigenvalue weighted by Gasteiger charge is -2.41. The Morgan fingerprint density at radius 3 is 2.82 bits per heavy atom. The molecule has 0 radical (unpaired) electrons. The van der Waals surface area contributed by atoms with Crippen molar-refractivity contribution in [1.29, 1.82) is 0 Å². The van der Waals surface area contributed by atoms with E-state index in [-0.39, 0.29) is 5.54 Å². The molecule has 96 valence electrons. The summed E-state index contributed by atoms with van der Waals surface area (Å²) >= 11 is 0. The van der Waals surface area contributed by atoms with Gasteiger partial charge in [0.15, 0.2) is 0 Å². The number of aromatic nitrogens is 1. The fraction of sp³-hybridized carbons (Fsp3) is 0.692. The molecule has 2 N–H and O–H groups in total. The highest BCUT2D eigenvalue weighted by Crippen LogP contribution is 2.15. The Morgan fingerprint density at radius 2 is 2.18 bits per heavy atom. The molecule has 4 heteroatoms. The lowest BCUT2D eigenvalue weighted by molar-refractivity contribution is -0.00968. The van der Waals surface area contributed by atoms with Crippen LogP contribution in [0.3, 0.4) is 0 Å². The second-order valence-corrected chi connectivity index (χ2v) is 5.21. The minimum atomic E-state index is 0.191. The largest absolute Gasteiger partial charge is 0.379 e. The van der Waals surface area contributed by atoms with Gasteiger partial charge in [0.05, 0.1) is 13.2 Å². The number of rotatable bonds is 5. The van der Waals surface area contributed by atoms with Crippen molar-refractivity contribution in [2.24, 2.45) is 0 Å². The van der Waals surface area contributed by atoms with Crippen LogP contribution >= 0.6 is 0 Å². The van der Waals surface area contributed by atoms with Crippen molar-refractivity contribution in [2.45, 2.75) is 25.9 Å². The van der Waals surface area contributed by atoms with Crippen LogP contribution in [0.25, 0.3) is 0 Å². The average molecular weight is 237 g/mol. The van der Waals surface area contributed by atoms with E-state index in [1.54, 1.807) is 0 Å². The molecular formula is C13H23N3O. The van der Waals surface area contributed by atoms with Crippen molar-refractivity contribution < 1.29 is 4.74 Å². The van der Waals surface area contributed by atoms with Gasteiger partial charge < -0.3 is 15.0 Å². The molecule has 1 aliphatic heterocycles. The van der Waals surface area contributed by atoms with Gasteiger partial charge in [0.25, 0.3) is 0 Å². The topological polar surface area (TPSA) is 40.3 Å². The molecule has 1 fully saturated rings. The molecule has 17 heavy (non-hydrogen) atoms. The first-order valence-corrected chi connectivity index (χ1v) is 6.34. The van der Waals surface area contributed by atoms with Crippen LogP contribution in [0, 0.1) is 0 Å². The summed E-state index contributed by atoms with van der Waals surface area (Å²) in [5, 5.41) is 3.51. The zero-order valence-electron chi connectivity index (χ0n) is 10.8. The summed E-state index contributed by atoms with van der Waals surface area (Å²) in [5.74, 6) is 0. The monoisotopic (exact) mass is 237 g/mol. The molecule has 0 amide bonds. The standard InChI is InChI=1S/C13H23N3O/c1-13(2,16-6-8-17-9-7-16)11-14-10-12-4-3-5-15-12/h3-5,14-15H,6-11H2,1-2H3. The SMILES string of the molecule is CC(C)(CNCc1ccc[nH]1)N1CCOCC1. The van der Waals surface area contributed by atoms with E-state index in [2.05, 4.69) is 35.1 Å². The normalized spacial score (nSPS) is 18.5. The summed E-state index contributed by atoms with van der Waals surface area (Å²) in [6.07, 6.45) is 1.96. The van der Waals surface area contributed by atoms with Gasteiger partial charge in [-0.05, 0) is 26.0 Å². The van der Waals surface area contributed by atoms with Gasteiger partial charge in [-0.15, -0.1) is 0 Å². The molecule has 0 saturated carbocycles. The lowest BCUT2D eigenvalue weighted by atomic mass is 10.0. The Morgan fingerprint density at radius 1 is 1.41 bits per heavy atom. The number of ether oxygens (including phenoxy) is 1. The van der Waals surface area contributed by atoms with E-state index in [0.29, 0.717) is 0 Å². The molecule has 0 bridgehead atoms. The number of hydrogen-bond donors (Lipinski definition) is 2. The van der Waals surface area contributed by atoms with Crippen LogP contribution in [0.5, 0.6) is 0 Å². The highest BCUT2D eigenvalue weighted by atomic mass is 16.5. The first-order chi connectivity index (χ1) is 8.18. The van der Waals surface area contributed by atoms with E-state index in [9.17, 15) is 0 Å². The quantitative estimate of drug-likeness (QED) is 0.809. The third-order valence-corrected chi connectivity index (χ3v) is 3.40. The maximum absolute atomic E-state index is 5.39. The number of aromatic amines is 1. The van der Waals surface area contributed by atoms with Crippen LogP contribution in [0.4, 0.5) is 0 Å². The highest BCUT2D eigenvalue weighted by molar-refractivity contribution is 5.03. The summed E-state index contributed by atoms with van der Waals surface area (Å²) < 4.78 is 5.39. The number of nitrogens with one attached hydrogen (secondary N) is 2. The predicted octanol–water partition coefficient (Wildman–Crippen LogP) is 1.22. The van der Waals surface area contributed by atoms with Gasteiger partial charge in [-0.3, -0.25) is 4.90 Å². The molecule has 4 nitrogen and oxygen atoms in total. The number of morpholine rings is 1. The molecule has 0 atom stereocenters. The van der Waals surface area contributed by atoms with Crippen molar-refractivity contribution in [1.82, 2.24) is 15.2 Å². The summed E-state index contributed by atoms with van der Waals surface area (Å²) in [6.45, 7) is 10.3. The van der Waals surface area contributed by atoms with Crippen LogP contribution in [-0.4, -0.2) is 48.3 Å². The maximum Gasteiger partial charge on any atom is 0.0594 e. The van der Waals surface area contributed by atoms with Crippen molar-refractivity contribution in [3.63, 3.8) is 0 Å². The molecule has 0 aliphatic carbocycles. The highest BCUT2D eigenvalue weighted by Gasteiger charge is 2.27. The zero-order chi connectivity index (χ0) is 12.1. The van der Waals surface area contributed by atoms with Gasteiger partial charge in [-0.1, -0.05) is 0 Å². The molecule has 0 aromatic carbocycles. The molecule has 1 aromatic heterocycles. The van der Waals surface area contributed by atoms with Gasteiger partial charge in [0, 0.05) is 43.6 Å². The number of hydrogen-bond acceptors (Lipinski definition) is 3. The molecule has 0 spiro atoms. The van der Waals surface area contributed by atoms with Crippen LogP contribution < -0.4 is 5.32 Å². The minimum absolute atomic E-state index is 0.191. The molecule has 1 saturated heterocycles. The predicted molar refractivity (Wildman–Crippen MR) is 69.0 cm³/mol. The first-order valence-electron chi connectivity index (χ1n) is 6.34. The van der Waals surface area contributed by atoms with Crippen molar-refractivity contribution in [3.8, 4) is 0 Å². The summed E-state index contributed by atoms with van der Waals surface area (Å²) in [7, 11) is 0. The minimum Gasteiger partial charge on any atom is -0.379 e. The van der Waals surface area contributed by atoms with E-state index in [0.717, 1.165) is 39.4 Å². The Bertz CT molecular complexity index is 315. The van der Waals surface area contributed by atoms with Crippen LogP contribution in [-0.2, 0) is 11.3 Å². The van der Waals surface area contributed by atoms with Gasteiger partial charge >= 0.3 is 0 Å². The lowest BCUT2D eigenvalue weighted by Crippen LogP contribution is -2.54. The summed E-state index contributed by atoms with van der Waals surface area (Å²) in [4.78, 5) is 5.71. The summed E-state index contributed by atoms with van der Waals surface area (Å²) in [6, 6.07) is 4.14. The second kappa shape index (κ2) is 5.67. The van der Waals surface area contributed by atoms with Gasteiger partial charge in [-0.25, -0.2) is 0 Å². The molecule has 2 rings (SSSR count). The first kappa shape index (κ1) is 12.6. The molecular weight excluding hydrogens is 214 g/mol. The third-order valence-electron chi connectivity index (χ3n) is 3.40. The fourth-order valence-corrected chi connectivity index (χ4v) is 2.26. The molecule has 1 aliphatic rings. The van der Waals surface area contributed by atoms with E-state index in [1.165, 1.54) is 5.69 Å². The van der Waals surface area contributed by atoms with Crippen LogP contribution in [0.2, 0.25) is 0 Å². The molecule has 1 aromatic rings. The average Bonchev–Trinajstić information content (AvgIpc) is 2.83. The number of nitrogens with zero attached hydrogens (tertiary/aromatic N) is 1. The maximum atomic E-state index is 5.39. The third kappa shape index (κ3) is 3.56. The zero-order valence-corrected chi connectivity index (χ0v) is 10.8. The van der Waals surface area contributed by atoms with Gasteiger partial charge in [0.2, 0.25) is 0 Å². The van der Waals surface area contributed by atoms with E-state index in [4.69, 9.17) is 4.74 Å². The molecule has 0 unspecified atom stereocenters. The Kier molecular flexibility index (Phi) is 4.20. The van der Waals surface area contributed by atoms with Crippen LogP contribution in [0.1, 0.15) is 19.5 Å². The van der Waals surface area contributed by atoms with Gasteiger partial charge in [-0.2, -0.15) is 0 Å². The van der Waals surface area contributed by atoms with E-state index < -0.39 is 0 Å². The Balaban J connectivity index is 1.76. The van der Waals surface area contributed by atoms with E-state index in [1.807, 2.05) is 12.3 Å². The Hall–Kier alpha value is -0.840. The van der Waals surface area contributed by atoms with Crippen molar-refractivity contribution in [3.05, 3.63) is 24.0 Å². The van der Waals surface area contributed by atoms with Crippen molar-refractivity contribution in [2.75, 3.05) is 32.8 Å². The molecule has 2 heterocycles. The van der Waals surface area contributed by atoms with Crippen LogP contribution in [0.15, 0.2) is 18.3 Å². The fourth-order valence-electron chi connectivity index (χ4n) is 2.26. The smallest absolute Gasteiger partial charge is 0.0594 e.